The van der Waals surface area contributed by atoms with Gasteiger partial charge in [0.1, 0.15) is 0 Å². The number of halogens is 1. The van der Waals surface area contributed by atoms with Gasteiger partial charge in [0.15, 0.2) is 0 Å². The van der Waals surface area contributed by atoms with Crippen molar-refractivity contribution in [1.82, 2.24) is 0 Å². The molecule has 0 aliphatic rings. The van der Waals surface area contributed by atoms with E-state index in [-0.39, 0.29) is 4.69 Å². The fraction of sp³-hybridized carbons (Fsp3) is 0.222. The number of hydrogen-bond donors (Lipinski definition) is 0. The largest absolute Gasteiger partial charge is 0.286 e. The molecule has 58 valence electrons. The zero-order valence-electron chi connectivity index (χ0n) is 6.30. The minimum atomic E-state index is 0.0341. The van der Waals surface area contributed by atoms with E-state index in [1.165, 1.54) is 5.56 Å². The summed E-state index contributed by atoms with van der Waals surface area (Å²) in [5, 5.41) is 0. The summed E-state index contributed by atoms with van der Waals surface area (Å²) in [6, 6.07) is 7.88. The molecule has 1 rings (SSSR count). The van der Waals surface area contributed by atoms with Crippen LogP contribution in [0, 0.1) is 6.92 Å². The van der Waals surface area contributed by atoms with Crippen LogP contribution in [0.5, 0.6) is 0 Å². The number of benzene rings is 1. The van der Waals surface area contributed by atoms with Gasteiger partial charge in [-0.3, -0.25) is 4.79 Å². The van der Waals surface area contributed by atoms with Gasteiger partial charge in [-0.05, 0) is 34.0 Å². The Labute approximate surface area is 74.6 Å². The van der Waals surface area contributed by atoms with E-state index in [4.69, 9.17) is 0 Å². The highest BCUT2D eigenvalue weighted by atomic mass is 79.9. The molecule has 0 aliphatic carbocycles. The fourth-order valence-electron chi connectivity index (χ4n) is 0.958. The molecular weight excluding hydrogens is 204 g/mol. The molecule has 0 saturated carbocycles. The van der Waals surface area contributed by atoms with Gasteiger partial charge in [0.25, 0.3) is 0 Å². The zero-order chi connectivity index (χ0) is 8.27. The van der Waals surface area contributed by atoms with E-state index in [2.05, 4.69) is 15.9 Å². The number of hydrogen-bond acceptors (Lipinski definition) is 1. The standard InChI is InChI=1S/C9H9BrO/c1-7-4-2-3-5-8(7)6-9(10)11/h2-5H,6H2,1H3. The highest BCUT2D eigenvalue weighted by Gasteiger charge is 2.00. The second kappa shape index (κ2) is 3.67. The van der Waals surface area contributed by atoms with Crippen molar-refractivity contribution in [2.24, 2.45) is 0 Å². The van der Waals surface area contributed by atoms with Crippen LogP contribution < -0.4 is 0 Å². The molecule has 0 aromatic heterocycles. The highest BCUT2D eigenvalue weighted by molar-refractivity contribution is 9.18. The van der Waals surface area contributed by atoms with Crippen LogP contribution in [-0.4, -0.2) is 4.69 Å². The van der Waals surface area contributed by atoms with E-state index >= 15 is 0 Å². The van der Waals surface area contributed by atoms with Crippen LogP contribution in [-0.2, 0) is 11.2 Å². The van der Waals surface area contributed by atoms with Gasteiger partial charge in [0.05, 0.1) is 0 Å². The molecule has 0 radical (unpaired) electrons. The maximum Gasteiger partial charge on any atom is 0.202 e. The van der Waals surface area contributed by atoms with Crippen LogP contribution in [0.25, 0.3) is 0 Å². The molecule has 0 amide bonds. The van der Waals surface area contributed by atoms with Gasteiger partial charge in [-0.25, -0.2) is 0 Å². The Morgan fingerprint density at radius 1 is 1.45 bits per heavy atom. The molecule has 11 heavy (non-hydrogen) atoms. The first kappa shape index (κ1) is 8.47. The molecular formula is C9H9BrO. The Morgan fingerprint density at radius 3 is 2.64 bits per heavy atom. The quantitative estimate of drug-likeness (QED) is 0.689. The van der Waals surface area contributed by atoms with Crippen molar-refractivity contribution in [1.29, 1.82) is 0 Å². The first-order valence-corrected chi connectivity index (χ1v) is 4.22. The van der Waals surface area contributed by atoms with Crippen LogP contribution in [0.4, 0.5) is 0 Å². The number of rotatable bonds is 2. The average Bonchev–Trinajstić information content (AvgIpc) is 1.93. The molecule has 0 unspecified atom stereocenters. The lowest BCUT2D eigenvalue weighted by Gasteiger charge is -1.99. The topological polar surface area (TPSA) is 17.1 Å². The van der Waals surface area contributed by atoms with Gasteiger partial charge in [-0.15, -0.1) is 0 Å². The van der Waals surface area contributed by atoms with E-state index in [1.54, 1.807) is 0 Å². The first-order valence-electron chi connectivity index (χ1n) is 3.43. The summed E-state index contributed by atoms with van der Waals surface area (Å²) in [6.45, 7) is 2.01. The van der Waals surface area contributed by atoms with Crippen molar-refractivity contribution in [3.8, 4) is 0 Å². The average molecular weight is 213 g/mol. The van der Waals surface area contributed by atoms with Crippen LogP contribution in [0.15, 0.2) is 24.3 Å². The minimum absolute atomic E-state index is 0.0341. The molecule has 0 N–H and O–H groups in total. The lowest BCUT2D eigenvalue weighted by Crippen LogP contribution is -1.94. The van der Waals surface area contributed by atoms with Gasteiger partial charge < -0.3 is 0 Å². The van der Waals surface area contributed by atoms with Crippen molar-refractivity contribution in [3.05, 3.63) is 35.4 Å². The van der Waals surface area contributed by atoms with E-state index in [1.807, 2.05) is 31.2 Å². The Bertz CT molecular complexity index is 268. The maximum absolute atomic E-state index is 10.7. The van der Waals surface area contributed by atoms with Gasteiger partial charge in [-0.2, -0.15) is 0 Å². The summed E-state index contributed by atoms with van der Waals surface area (Å²) in [4.78, 5) is 10.7. The molecule has 0 heterocycles. The molecule has 0 aliphatic heterocycles. The third kappa shape index (κ3) is 2.46. The summed E-state index contributed by atoms with van der Waals surface area (Å²) in [6.07, 6.45) is 0.479. The second-order valence-corrected chi connectivity index (χ2v) is 3.34. The Kier molecular flexibility index (Phi) is 2.83. The third-order valence-electron chi connectivity index (χ3n) is 1.59. The molecule has 1 nitrogen and oxygen atoms in total. The van der Waals surface area contributed by atoms with E-state index in [0.29, 0.717) is 6.42 Å². The minimum Gasteiger partial charge on any atom is -0.286 e. The van der Waals surface area contributed by atoms with Crippen LogP contribution >= 0.6 is 15.9 Å². The summed E-state index contributed by atoms with van der Waals surface area (Å²) < 4.78 is 0.0341. The molecule has 0 atom stereocenters. The predicted octanol–water partition coefficient (Wildman–Crippen LogP) is 2.46. The van der Waals surface area contributed by atoms with Crippen LogP contribution in [0.3, 0.4) is 0 Å². The summed E-state index contributed by atoms with van der Waals surface area (Å²) in [7, 11) is 0. The first-order chi connectivity index (χ1) is 5.20. The van der Waals surface area contributed by atoms with Gasteiger partial charge in [0.2, 0.25) is 4.69 Å². The normalized spacial score (nSPS) is 9.64. The van der Waals surface area contributed by atoms with Crippen LogP contribution in [0.2, 0.25) is 0 Å². The smallest absolute Gasteiger partial charge is 0.202 e. The maximum atomic E-state index is 10.7. The molecule has 0 fully saturated rings. The number of carbonyl (C=O) groups is 1. The highest BCUT2D eigenvalue weighted by Crippen LogP contribution is 2.09. The molecule has 1 aromatic rings. The van der Waals surface area contributed by atoms with Crippen molar-refractivity contribution >= 4 is 20.6 Å². The lowest BCUT2D eigenvalue weighted by molar-refractivity contribution is -0.109. The van der Waals surface area contributed by atoms with E-state index in [9.17, 15) is 4.79 Å². The fourth-order valence-corrected chi connectivity index (χ4v) is 1.26. The van der Waals surface area contributed by atoms with Gasteiger partial charge in [0, 0.05) is 6.42 Å². The van der Waals surface area contributed by atoms with Gasteiger partial charge in [-0.1, -0.05) is 24.3 Å². The lowest BCUT2D eigenvalue weighted by atomic mass is 10.1. The summed E-state index contributed by atoms with van der Waals surface area (Å²) in [5.41, 5.74) is 2.26. The SMILES string of the molecule is Cc1ccccc1CC(=O)Br. The predicted molar refractivity (Wildman–Crippen MR) is 48.8 cm³/mol. The molecule has 0 saturated heterocycles. The zero-order valence-corrected chi connectivity index (χ0v) is 7.89. The Hall–Kier alpha value is -0.630. The van der Waals surface area contributed by atoms with Crippen molar-refractivity contribution < 1.29 is 4.79 Å². The van der Waals surface area contributed by atoms with E-state index in [0.717, 1.165) is 5.56 Å². The van der Waals surface area contributed by atoms with Crippen molar-refractivity contribution in [3.63, 3.8) is 0 Å². The van der Waals surface area contributed by atoms with Crippen LogP contribution in [0.1, 0.15) is 11.1 Å². The Morgan fingerprint density at radius 2 is 2.09 bits per heavy atom. The Balaban J connectivity index is 2.86. The van der Waals surface area contributed by atoms with Crippen molar-refractivity contribution in [2.75, 3.05) is 0 Å². The third-order valence-corrected chi connectivity index (χ3v) is 1.87. The van der Waals surface area contributed by atoms with E-state index < -0.39 is 0 Å². The van der Waals surface area contributed by atoms with Crippen molar-refractivity contribution in [2.45, 2.75) is 13.3 Å². The number of carbonyl (C=O) groups excluding carboxylic acids is 1. The monoisotopic (exact) mass is 212 g/mol. The molecule has 0 spiro atoms. The molecule has 0 bridgehead atoms. The molecule has 2 heteroatoms. The second-order valence-electron chi connectivity index (χ2n) is 2.46. The van der Waals surface area contributed by atoms with Gasteiger partial charge >= 0.3 is 0 Å². The molecule has 1 aromatic carbocycles. The summed E-state index contributed by atoms with van der Waals surface area (Å²) in [5.74, 6) is 0. The number of aryl methyl sites for hydroxylation is 1. The summed E-state index contributed by atoms with van der Waals surface area (Å²) >= 11 is 2.91.